The van der Waals surface area contributed by atoms with E-state index in [0.29, 0.717) is 5.56 Å². The second-order valence-electron chi connectivity index (χ2n) is 10.5. The molecular weight excluding hydrogens is 592 g/mol. The largest absolute Gasteiger partial charge is 0.571 e. The number of methoxy groups -OCH3 is 1. The summed E-state index contributed by atoms with van der Waals surface area (Å²) in [4.78, 5) is 0. The normalized spacial score (nSPS) is 35.3. The number of rotatable bonds is 8. The summed E-state index contributed by atoms with van der Waals surface area (Å²) in [5, 5.41) is 103. The molecule has 0 aliphatic carbocycles. The van der Waals surface area contributed by atoms with Crippen LogP contribution in [0.5, 0.6) is 28.7 Å². The highest BCUT2D eigenvalue weighted by atomic mass is 16.8. The molecule has 2 aromatic rings. The van der Waals surface area contributed by atoms with Crippen molar-refractivity contribution in [2.45, 2.75) is 67.5 Å². The van der Waals surface area contributed by atoms with Crippen LogP contribution in [0.25, 0.3) is 6.08 Å². The van der Waals surface area contributed by atoms with Gasteiger partial charge in [-0.2, -0.15) is 0 Å². The lowest BCUT2D eigenvalue weighted by molar-refractivity contribution is -0.364. The molecule has 3 aliphatic rings. The zero-order valence-corrected chi connectivity index (χ0v) is 23.2. The Hall–Kier alpha value is -3.42. The van der Waals surface area contributed by atoms with E-state index in [2.05, 4.69) is 4.74 Å². The first-order valence-electron chi connectivity index (χ1n) is 13.6. The molecule has 3 aliphatic heterocycles. The molecule has 0 aromatic heterocycles. The van der Waals surface area contributed by atoms with Gasteiger partial charge in [-0.1, -0.05) is 0 Å². The molecule has 0 spiro atoms. The molecule has 2 aromatic carbocycles. The third-order valence-corrected chi connectivity index (χ3v) is 7.68. The first-order valence-corrected chi connectivity index (χ1v) is 13.6. The highest BCUT2D eigenvalue weighted by Crippen LogP contribution is 2.46. The molecule has 5 rings (SSSR count). The van der Waals surface area contributed by atoms with Crippen LogP contribution in [0.4, 0.5) is 0 Å². The van der Waals surface area contributed by atoms with E-state index >= 15 is 0 Å². The fourth-order valence-corrected chi connectivity index (χ4v) is 5.25. The number of hydrogen-bond acceptors (Lipinski definition) is 15. The molecular formula is C28H35O16+. The number of aliphatic hydroxyl groups excluding tert-OH is 7. The molecule has 16 nitrogen and oxygen atoms in total. The second-order valence-corrected chi connectivity index (χ2v) is 10.5. The Labute approximate surface area is 249 Å². The van der Waals surface area contributed by atoms with Crippen LogP contribution in [-0.2, 0) is 18.9 Å². The van der Waals surface area contributed by atoms with E-state index < -0.39 is 80.7 Å². The molecule has 11 unspecified atom stereocenters. The summed E-state index contributed by atoms with van der Waals surface area (Å²) in [6.07, 6.45) is -16.4. The summed E-state index contributed by atoms with van der Waals surface area (Å²) in [6, 6.07) is 6.71. The van der Waals surface area contributed by atoms with Gasteiger partial charge in [-0.15, -0.1) is 0 Å². The second kappa shape index (κ2) is 12.9. The molecule has 0 bridgehead atoms. The van der Waals surface area contributed by atoms with Crippen molar-refractivity contribution in [2.75, 3.05) is 20.3 Å². The van der Waals surface area contributed by atoms with Crippen LogP contribution < -0.4 is 4.74 Å². The Kier molecular flexibility index (Phi) is 9.38. The van der Waals surface area contributed by atoms with Crippen molar-refractivity contribution < 1.29 is 79.5 Å². The van der Waals surface area contributed by atoms with E-state index in [-0.39, 0.29) is 40.1 Å². The van der Waals surface area contributed by atoms with Crippen LogP contribution in [0.15, 0.2) is 36.1 Å². The van der Waals surface area contributed by atoms with Gasteiger partial charge in [0.05, 0.1) is 32.0 Å². The van der Waals surface area contributed by atoms with Crippen molar-refractivity contribution in [3.63, 3.8) is 0 Å². The SMILES string of the molecule is COc1cc(C2[OH+]c3cc(O)cc(O)c3C=C2OC2OC(CO)C(O)C(O)C2OC2OC(CO)C(O)C(O)C2O)ccc1O. The van der Waals surface area contributed by atoms with Crippen LogP contribution in [0.1, 0.15) is 17.2 Å². The first kappa shape index (κ1) is 32.0. The fraction of sp³-hybridized carbons (Fsp3) is 0.500. The fourth-order valence-electron chi connectivity index (χ4n) is 5.25. The highest BCUT2D eigenvalue weighted by Gasteiger charge is 2.52. The van der Waals surface area contributed by atoms with Crippen molar-refractivity contribution in [1.82, 2.24) is 0 Å². The van der Waals surface area contributed by atoms with Gasteiger partial charge in [0.1, 0.15) is 59.8 Å². The van der Waals surface area contributed by atoms with Gasteiger partial charge < -0.3 is 79.5 Å². The molecule has 2 fully saturated rings. The van der Waals surface area contributed by atoms with Gasteiger partial charge >= 0.3 is 0 Å². The van der Waals surface area contributed by atoms with Gasteiger partial charge in [0.15, 0.2) is 29.7 Å². The van der Waals surface area contributed by atoms with Crippen molar-refractivity contribution in [3.05, 3.63) is 47.2 Å². The average molecular weight is 628 g/mol. The summed E-state index contributed by atoms with van der Waals surface area (Å²) >= 11 is 0. The van der Waals surface area contributed by atoms with Crippen LogP contribution in [0, 0.1) is 0 Å². The Morgan fingerprint density at radius 2 is 1.43 bits per heavy atom. The maximum atomic E-state index is 11.0. The Morgan fingerprint density at radius 1 is 0.773 bits per heavy atom. The number of phenols is 3. The maximum absolute atomic E-state index is 11.0. The zero-order valence-electron chi connectivity index (χ0n) is 23.2. The molecule has 242 valence electrons. The molecule has 3 heterocycles. The Bertz CT molecular complexity index is 1350. The lowest BCUT2D eigenvalue weighted by Gasteiger charge is -2.46. The van der Waals surface area contributed by atoms with Crippen molar-refractivity contribution in [3.8, 4) is 28.7 Å². The predicted octanol–water partition coefficient (Wildman–Crippen LogP) is -2.21. The van der Waals surface area contributed by atoms with Crippen LogP contribution >= 0.6 is 0 Å². The first-order chi connectivity index (χ1) is 21.0. The Morgan fingerprint density at radius 3 is 2.09 bits per heavy atom. The number of ether oxygens (including phenoxy) is 6. The van der Waals surface area contributed by atoms with Crippen molar-refractivity contribution in [1.29, 1.82) is 0 Å². The summed E-state index contributed by atoms with van der Waals surface area (Å²) in [5.74, 6) is -0.544. The van der Waals surface area contributed by atoms with E-state index in [1.54, 1.807) is 0 Å². The van der Waals surface area contributed by atoms with Crippen LogP contribution in [-0.4, -0.2) is 138 Å². The molecule has 44 heavy (non-hydrogen) atoms. The minimum atomic E-state index is -1.87. The van der Waals surface area contributed by atoms with E-state index in [1.165, 1.54) is 37.5 Å². The topological polar surface area (TPSA) is 261 Å². The summed E-state index contributed by atoms with van der Waals surface area (Å²) in [7, 11) is 1.34. The number of aliphatic hydroxyl groups is 8. The Balaban J connectivity index is 1.53. The smallest absolute Gasteiger partial charge is 0.270 e. The minimum absolute atomic E-state index is 0.0288. The van der Waals surface area contributed by atoms with Crippen LogP contribution in [0.3, 0.4) is 0 Å². The van der Waals surface area contributed by atoms with Gasteiger partial charge in [0.2, 0.25) is 6.29 Å². The summed E-state index contributed by atoms with van der Waals surface area (Å²) in [5.41, 5.74) is 0.544. The van der Waals surface area contributed by atoms with Crippen molar-refractivity contribution >= 4 is 6.08 Å². The molecule has 0 amide bonds. The third-order valence-electron chi connectivity index (χ3n) is 7.68. The minimum Gasteiger partial charge on any atom is -0.571 e. The lowest BCUT2D eigenvalue weighted by Crippen LogP contribution is -2.64. The van der Waals surface area contributed by atoms with E-state index in [0.717, 1.165) is 6.07 Å². The molecule has 11 atom stereocenters. The van der Waals surface area contributed by atoms with Gasteiger partial charge in [-0.05, 0) is 18.2 Å². The van der Waals surface area contributed by atoms with Gasteiger partial charge in [-0.25, -0.2) is 0 Å². The summed E-state index contributed by atoms with van der Waals surface area (Å²) in [6.45, 7) is -1.51. The van der Waals surface area contributed by atoms with E-state index in [4.69, 9.17) is 23.7 Å². The van der Waals surface area contributed by atoms with E-state index in [1.807, 2.05) is 0 Å². The molecule has 11 N–H and O–H groups in total. The van der Waals surface area contributed by atoms with Gasteiger partial charge in [0, 0.05) is 12.1 Å². The van der Waals surface area contributed by atoms with Crippen molar-refractivity contribution in [2.24, 2.45) is 0 Å². The maximum Gasteiger partial charge on any atom is 0.270 e. The number of benzene rings is 2. The van der Waals surface area contributed by atoms with Gasteiger partial charge in [-0.3, -0.25) is 0 Å². The monoisotopic (exact) mass is 627 g/mol. The third kappa shape index (κ3) is 5.96. The number of fused-ring (bicyclic) bond motifs is 1. The average Bonchev–Trinajstić information content (AvgIpc) is 3.00. The quantitative estimate of drug-likeness (QED) is 0.139. The number of hydrogen-bond donors (Lipinski definition) is 10. The predicted molar refractivity (Wildman–Crippen MR) is 144 cm³/mol. The summed E-state index contributed by atoms with van der Waals surface area (Å²) < 4.78 is 32.8. The number of phenolic OH excluding ortho intramolecular Hbond substituents is 3. The number of aromatic hydroxyl groups is 4. The lowest BCUT2D eigenvalue weighted by atomic mass is 9.97. The molecule has 16 heteroatoms. The highest BCUT2D eigenvalue weighted by molar-refractivity contribution is 5.69. The molecule has 2 saturated heterocycles. The van der Waals surface area contributed by atoms with E-state index in [9.17, 15) is 51.1 Å². The standard InChI is InChI=1S/C28H34O16/c1-39-16-4-10(2-3-13(16)32)25-17(7-12-14(33)5-11(31)6-15(12)40-25)41-28-26(23(37)21(35)19(9-30)43-28)44-27-24(38)22(36)20(34)18(8-29)42-27/h2-7,18-38H,8-9H2,1H3/p+1. The zero-order chi connectivity index (χ0) is 31.9. The molecule has 0 saturated carbocycles. The molecule has 0 radical (unpaired) electrons. The van der Waals surface area contributed by atoms with Crippen LogP contribution in [0.2, 0.25) is 0 Å². The van der Waals surface area contributed by atoms with Gasteiger partial charge in [0.25, 0.3) is 11.9 Å².